The molecule has 0 heterocycles. The van der Waals surface area contributed by atoms with Crippen molar-refractivity contribution in [3.8, 4) is 17.2 Å². The van der Waals surface area contributed by atoms with Crippen molar-refractivity contribution in [3.05, 3.63) is 108 Å². The molecule has 0 fully saturated rings. The van der Waals surface area contributed by atoms with Gasteiger partial charge in [0.05, 0.1) is 14.7 Å². The van der Waals surface area contributed by atoms with Crippen molar-refractivity contribution in [2.24, 2.45) is 0 Å². The molecule has 0 aliphatic rings. The summed E-state index contributed by atoms with van der Waals surface area (Å²) in [5.41, 5.74) is 2.87. The van der Waals surface area contributed by atoms with Crippen molar-refractivity contribution in [1.29, 1.82) is 0 Å². The molecule has 0 saturated carbocycles. The van der Waals surface area contributed by atoms with Crippen molar-refractivity contribution in [3.63, 3.8) is 0 Å². The van der Waals surface area contributed by atoms with Crippen LogP contribution in [0.25, 0.3) is 0 Å². The molecule has 12 nitrogen and oxygen atoms in total. The minimum atomic E-state index is -4.02. The highest BCUT2D eigenvalue weighted by molar-refractivity contribution is 7.86. The van der Waals surface area contributed by atoms with Gasteiger partial charge in [0.1, 0.15) is 5.75 Å². The molecule has 0 radical (unpaired) electrons. The molecule has 0 aliphatic heterocycles. The van der Waals surface area contributed by atoms with Gasteiger partial charge >= 0.3 is 0 Å². The lowest BCUT2D eigenvalue weighted by Gasteiger charge is -1.95. The summed E-state index contributed by atoms with van der Waals surface area (Å²) in [6.07, 6.45) is 0. The Labute approximate surface area is 244 Å². The fourth-order valence-corrected chi connectivity index (χ4v) is 4.08. The minimum absolute atomic E-state index is 0.0645. The van der Waals surface area contributed by atoms with Crippen LogP contribution in [0.15, 0.2) is 106 Å². The Morgan fingerprint density at radius 2 is 0.667 bits per heavy atom. The number of hydrogen-bond donors (Lipinski definition) is 6. The van der Waals surface area contributed by atoms with Crippen LogP contribution in [-0.2, 0) is 30.4 Å². The smallest absolute Gasteiger partial charge is 0.294 e. The third kappa shape index (κ3) is 13.6. The molecule has 4 rings (SSSR count). The van der Waals surface area contributed by atoms with Crippen LogP contribution in [0, 0.1) is 20.8 Å². The summed E-state index contributed by atoms with van der Waals surface area (Å²) >= 11 is 0. The third-order valence-corrected chi connectivity index (χ3v) is 7.52. The van der Waals surface area contributed by atoms with Gasteiger partial charge in [0, 0.05) is 6.07 Å². The third-order valence-electron chi connectivity index (χ3n) is 4.92. The van der Waals surface area contributed by atoms with Gasteiger partial charge in [-0.2, -0.15) is 25.3 Å². The molecule has 15 heteroatoms. The summed E-state index contributed by atoms with van der Waals surface area (Å²) in [5.74, 6) is -0.604. The number of benzene rings is 4. The Balaban J connectivity index is 0.000000281. The second-order valence-corrected chi connectivity index (χ2v) is 12.8. The lowest BCUT2D eigenvalue weighted by Crippen LogP contribution is -1.96. The van der Waals surface area contributed by atoms with E-state index < -0.39 is 30.4 Å². The largest absolute Gasteiger partial charge is 0.508 e. The van der Waals surface area contributed by atoms with Gasteiger partial charge in [-0.3, -0.25) is 13.7 Å². The van der Waals surface area contributed by atoms with E-state index in [9.17, 15) is 25.3 Å². The van der Waals surface area contributed by atoms with Gasteiger partial charge in [0.2, 0.25) is 0 Å². The number of aromatic hydroxyl groups is 3. The van der Waals surface area contributed by atoms with Crippen molar-refractivity contribution in [1.82, 2.24) is 0 Å². The molecule has 4 aromatic rings. The van der Waals surface area contributed by atoms with Gasteiger partial charge in [0.15, 0.2) is 11.5 Å². The predicted octanol–water partition coefficient (Wildman–Crippen LogP) is 4.53. The first kappa shape index (κ1) is 36.0. The van der Waals surface area contributed by atoms with E-state index in [-0.39, 0.29) is 31.9 Å². The van der Waals surface area contributed by atoms with E-state index in [4.69, 9.17) is 29.0 Å². The van der Waals surface area contributed by atoms with E-state index in [1.165, 1.54) is 48.5 Å². The van der Waals surface area contributed by atoms with Crippen LogP contribution < -0.4 is 0 Å². The fourth-order valence-electron chi connectivity index (χ4n) is 2.64. The van der Waals surface area contributed by atoms with E-state index in [2.05, 4.69) is 0 Å². The summed E-state index contributed by atoms with van der Waals surface area (Å²) < 4.78 is 88.7. The van der Waals surface area contributed by atoms with Crippen molar-refractivity contribution < 1.29 is 54.2 Å². The summed E-state index contributed by atoms with van der Waals surface area (Å²) in [4.78, 5) is -0.200. The SMILES string of the molecule is Cc1ccc(S(=O)(=O)O)cc1.Cc1ccc(S(=O)(=O)O)cc1.Cc1ccc(S(=O)(=O)O)cc1.Oc1ccc(O)c(O)c1. The second kappa shape index (κ2) is 15.3. The van der Waals surface area contributed by atoms with Crippen LogP contribution in [0.1, 0.15) is 16.7 Å². The molecular weight excluding hydrogens is 612 g/mol. The van der Waals surface area contributed by atoms with Crippen molar-refractivity contribution in [2.75, 3.05) is 0 Å². The standard InChI is InChI=1S/3C7H8O3S.C6H6O3/c3*1-6-2-4-7(5-3-6)11(8,9)10;7-4-1-2-5(8)6(9)3-4/h3*2-5H,1H3,(H,8,9,10);1-3,7-9H. The van der Waals surface area contributed by atoms with E-state index in [0.717, 1.165) is 22.8 Å². The van der Waals surface area contributed by atoms with Crippen LogP contribution in [-0.4, -0.2) is 54.2 Å². The van der Waals surface area contributed by atoms with Crippen molar-refractivity contribution in [2.45, 2.75) is 35.5 Å². The first-order valence-corrected chi connectivity index (χ1v) is 15.9. The summed E-state index contributed by atoms with van der Waals surface area (Å²) in [6, 6.07) is 21.5. The van der Waals surface area contributed by atoms with E-state index >= 15 is 0 Å². The Morgan fingerprint density at radius 3 is 0.857 bits per heavy atom. The highest BCUT2D eigenvalue weighted by atomic mass is 32.2. The van der Waals surface area contributed by atoms with Crippen molar-refractivity contribution >= 4 is 30.4 Å². The van der Waals surface area contributed by atoms with Gasteiger partial charge in [-0.1, -0.05) is 53.1 Å². The maximum atomic E-state index is 10.5. The molecule has 42 heavy (non-hydrogen) atoms. The van der Waals surface area contributed by atoms with Crippen LogP contribution >= 0.6 is 0 Å². The lowest BCUT2D eigenvalue weighted by molar-refractivity contribution is 0.396. The topological polar surface area (TPSA) is 224 Å². The quantitative estimate of drug-likeness (QED) is 0.103. The number of phenols is 3. The monoisotopic (exact) mass is 642 g/mol. The van der Waals surface area contributed by atoms with Gasteiger partial charge in [-0.25, -0.2) is 0 Å². The summed E-state index contributed by atoms with van der Waals surface area (Å²) in [6.45, 7) is 5.52. The molecule has 6 N–H and O–H groups in total. The molecular formula is C27H30O12S3. The van der Waals surface area contributed by atoms with E-state index in [0.29, 0.717) is 0 Å². The molecule has 0 aromatic heterocycles. The lowest BCUT2D eigenvalue weighted by atomic mass is 10.2. The van der Waals surface area contributed by atoms with Gasteiger partial charge in [0.25, 0.3) is 30.4 Å². The average molecular weight is 643 g/mol. The number of hydrogen-bond acceptors (Lipinski definition) is 9. The average Bonchev–Trinajstić information content (AvgIpc) is 2.87. The van der Waals surface area contributed by atoms with E-state index in [1.807, 2.05) is 20.8 Å². The Kier molecular flexibility index (Phi) is 13.1. The second-order valence-electron chi connectivity index (χ2n) is 8.54. The maximum absolute atomic E-state index is 10.5. The molecule has 228 valence electrons. The zero-order chi connectivity index (χ0) is 32.3. The van der Waals surface area contributed by atoms with Gasteiger partial charge in [-0.05, 0) is 69.3 Å². The molecule has 0 atom stereocenters. The molecule has 0 unspecified atom stereocenters. The van der Waals surface area contributed by atoms with Crippen LogP contribution in [0.4, 0.5) is 0 Å². The molecule has 0 amide bonds. The van der Waals surface area contributed by atoms with Gasteiger partial charge in [-0.15, -0.1) is 0 Å². The number of rotatable bonds is 3. The summed E-state index contributed by atoms with van der Waals surface area (Å²) in [5, 5.41) is 26.0. The highest BCUT2D eigenvalue weighted by Crippen LogP contribution is 2.27. The van der Waals surface area contributed by atoms with E-state index in [1.54, 1.807) is 36.4 Å². The molecule has 0 saturated heterocycles. The zero-order valence-corrected chi connectivity index (χ0v) is 25.0. The van der Waals surface area contributed by atoms with Crippen LogP contribution in [0.3, 0.4) is 0 Å². The molecule has 0 aliphatic carbocycles. The Hall–Kier alpha value is -3.99. The first-order chi connectivity index (χ1) is 19.2. The Bertz CT molecular complexity index is 1590. The minimum Gasteiger partial charge on any atom is -0.508 e. The fraction of sp³-hybridized carbons (Fsp3) is 0.111. The maximum Gasteiger partial charge on any atom is 0.294 e. The van der Waals surface area contributed by atoms with Crippen LogP contribution in [0.2, 0.25) is 0 Å². The highest BCUT2D eigenvalue weighted by Gasteiger charge is 2.08. The Morgan fingerprint density at radius 1 is 0.405 bits per heavy atom. The molecule has 0 bridgehead atoms. The summed E-state index contributed by atoms with van der Waals surface area (Å²) in [7, 11) is -12.1. The number of phenolic OH excluding ortho intramolecular Hbond substituents is 3. The van der Waals surface area contributed by atoms with Crippen LogP contribution in [0.5, 0.6) is 17.2 Å². The molecule has 4 aromatic carbocycles. The zero-order valence-electron chi connectivity index (χ0n) is 22.5. The predicted molar refractivity (Wildman–Crippen MR) is 154 cm³/mol. The first-order valence-electron chi connectivity index (χ1n) is 11.5. The number of aryl methyl sites for hydroxylation is 3. The van der Waals surface area contributed by atoms with Gasteiger partial charge < -0.3 is 15.3 Å². The molecule has 0 spiro atoms. The normalized spacial score (nSPS) is 11.0.